The molecule has 1 aromatic carbocycles. The summed E-state index contributed by atoms with van der Waals surface area (Å²) in [6.07, 6.45) is 6.68. The molecule has 1 heterocycles. The van der Waals surface area contributed by atoms with Gasteiger partial charge in [0.2, 0.25) is 0 Å². The maximum Gasteiger partial charge on any atom is 0.142 e. The molecule has 0 saturated heterocycles. The second kappa shape index (κ2) is 4.51. The van der Waals surface area contributed by atoms with Gasteiger partial charge in [0.15, 0.2) is 0 Å². The lowest BCUT2D eigenvalue weighted by Crippen LogP contribution is -1.86. The first kappa shape index (κ1) is 9.59. The van der Waals surface area contributed by atoms with Gasteiger partial charge in [-0.05, 0) is 24.1 Å². The summed E-state index contributed by atoms with van der Waals surface area (Å²) in [6, 6.07) is 10.0. The summed E-state index contributed by atoms with van der Waals surface area (Å²) in [5, 5.41) is 1.13. The van der Waals surface area contributed by atoms with E-state index in [0.717, 1.165) is 29.2 Å². The number of pyridine rings is 1. The standard InChI is InChI=1S/C13H11NO/c15-10-2-1-5-11-6-3-7-12-8-4-9-14-13(11)12/h1-4,6-10H,5H2. The van der Waals surface area contributed by atoms with Crippen molar-refractivity contribution in [1.29, 1.82) is 0 Å². The number of nitrogens with zero attached hydrogens (tertiary/aromatic N) is 1. The van der Waals surface area contributed by atoms with Crippen molar-refractivity contribution < 1.29 is 4.79 Å². The van der Waals surface area contributed by atoms with Crippen molar-refractivity contribution in [3.63, 3.8) is 0 Å². The summed E-state index contributed by atoms with van der Waals surface area (Å²) in [6.45, 7) is 0. The number of carbonyl (C=O) groups is 1. The fraction of sp³-hybridized carbons (Fsp3) is 0.0769. The molecule has 2 aromatic rings. The lowest BCUT2D eigenvalue weighted by molar-refractivity contribution is -0.104. The molecule has 2 heteroatoms. The molecular weight excluding hydrogens is 186 g/mol. The van der Waals surface area contributed by atoms with Gasteiger partial charge >= 0.3 is 0 Å². The maximum atomic E-state index is 10.2. The highest BCUT2D eigenvalue weighted by molar-refractivity contribution is 5.81. The molecule has 0 bridgehead atoms. The average molecular weight is 197 g/mol. The molecular formula is C13H11NO. The van der Waals surface area contributed by atoms with E-state index in [1.165, 1.54) is 6.08 Å². The van der Waals surface area contributed by atoms with Crippen LogP contribution < -0.4 is 0 Å². The van der Waals surface area contributed by atoms with Crippen molar-refractivity contribution in [3.05, 3.63) is 54.2 Å². The number of fused-ring (bicyclic) bond motifs is 1. The van der Waals surface area contributed by atoms with E-state index in [2.05, 4.69) is 4.98 Å². The van der Waals surface area contributed by atoms with Crippen LogP contribution in [0.2, 0.25) is 0 Å². The third-order valence-electron chi connectivity index (χ3n) is 2.27. The van der Waals surface area contributed by atoms with Gasteiger partial charge in [0.1, 0.15) is 6.29 Å². The SMILES string of the molecule is O=CC=CCc1cccc2cccnc12. The first-order valence-corrected chi connectivity index (χ1v) is 4.85. The number of hydrogen-bond acceptors (Lipinski definition) is 2. The second-order valence-corrected chi connectivity index (χ2v) is 3.26. The molecule has 0 unspecified atom stereocenters. The molecule has 0 N–H and O–H groups in total. The average Bonchev–Trinajstić information content (AvgIpc) is 2.30. The van der Waals surface area contributed by atoms with Gasteiger partial charge in [0.25, 0.3) is 0 Å². The Bertz CT molecular complexity index is 497. The molecule has 15 heavy (non-hydrogen) atoms. The first-order chi connectivity index (χ1) is 7.42. The minimum absolute atomic E-state index is 0.743. The van der Waals surface area contributed by atoms with Crippen LogP contribution in [0.5, 0.6) is 0 Å². The van der Waals surface area contributed by atoms with Gasteiger partial charge in [-0.15, -0.1) is 0 Å². The van der Waals surface area contributed by atoms with Gasteiger partial charge in [-0.1, -0.05) is 30.3 Å². The van der Waals surface area contributed by atoms with E-state index < -0.39 is 0 Å². The molecule has 0 atom stereocenters. The highest BCUT2D eigenvalue weighted by Gasteiger charge is 1.98. The number of carbonyl (C=O) groups excluding carboxylic acids is 1. The lowest BCUT2D eigenvalue weighted by Gasteiger charge is -2.01. The largest absolute Gasteiger partial charge is 0.299 e. The van der Waals surface area contributed by atoms with Crippen molar-refractivity contribution in [2.75, 3.05) is 0 Å². The lowest BCUT2D eigenvalue weighted by atomic mass is 10.1. The minimum atomic E-state index is 0.743. The maximum absolute atomic E-state index is 10.2. The Kier molecular flexibility index (Phi) is 2.88. The Morgan fingerprint density at radius 2 is 2.07 bits per heavy atom. The Hall–Kier alpha value is -1.96. The van der Waals surface area contributed by atoms with E-state index >= 15 is 0 Å². The summed E-state index contributed by atoms with van der Waals surface area (Å²) >= 11 is 0. The van der Waals surface area contributed by atoms with Crippen LogP contribution in [0, 0.1) is 0 Å². The Morgan fingerprint density at radius 1 is 1.20 bits per heavy atom. The van der Waals surface area contributed by atoms with Crippen molar-refractivity contribution in [3.8, 4) is 0 Å². The summed E-state index contributed by atoms with van der Waals surface area (Å²) in [7, 11) is 0. The molecule has 0 fully saturated rings. The molecule has 0 radical (unpaired) electrons. The van der Waals surface area contributed by atoms with E-state index in [4.69, 9.17) is 0 Å². The topological polar surface area (TPSA) is 30.0 Å². The zero-order chi connectivity index (χ0) is 10.5. The monoisotopic (exact) mass is 197 g/mol. The van der Waals surface area contributed by atoms with Gasteiger partial charge in [-0.2, -0.15) is 0 Å². The smallest absolute Gasteiger partial charge is 0.142 e. The molecule has 0 amide bonds. The number of rotatable bonds is 3. The quantitative estimate of drug-likeness (QED) is 0.559. The Morgan fingerprint density at radius 3 is 2.93 bits per heavy atom. The van der Waals surface area contributed by atoms with Gasteiger partial charge in [0, 0.05) is 11.6 Å². The summed E-state index contributed by atoms with van der Waals surface area (Å²) in [4.78, 5) is 14.5. The molecule has 2 rings (SSSR count). The summed E-state index contributed by atoms with van der Waals surface area (Å²) < 4.78 is 0. The number of aldehydes is 1. The van der Waals surface area contributed by atoms with Gasteiger partial charge < -0.3 is 0 Å². The van der Waals surface area contributed by atoms with Crippen molar-refractivity contribution in [1.82, 2.24) is 4.98 Å². The summed E-state index contributed by atoms with van der Waals surface area (Å²) in [5.41, 5.74) is 2.15. The van der Waals surface area contributed by atoms with E-state index in [-0.39, 0.29) is 0 Å². The van der Waals surface area contributed by atoms with Crippen LogP contribution in [-0.2, 0) is 11.2 Å². The minimum Gasteiger partial charge on any atom is -0.299 e. The number of hydrogen-bond donors (Lipinski definition) is 0. The molecule has 1 aromatic heterocycles. The molecule has 0 saturated carbocycles. The molecule has 0 aliphatic carbocycles. The van der Waals surface area contributed by atoms with Gasteiger partial charge in [-0.3, -0.25) is 9.78 Å². The molecule has 74 valence electrons. The number of para-hydroxylation sites is 1. The molecule has 0 aliphatic rings. The Balaban J connectivity index is 2.42. The first-order valence-electron chi connectivity index (χ1n) is 4.85. The second-order valence-electron chi connectivity index (χ2n) is 3.26. The highest BCUT2D eigenvalue weighted by Crippen LogP contribution is 2.16. The van der Waals surface area contributed by atoms with Crippen LogP contribution in [0.4, 0.5) is 0 Å². The van der Waals surface area contributed by atoms with Crippen molar-refractivity contribution >= 4 is 17.2 Å². The van der Waals surface area contributed by atoms with Crippen molar-refractivity contribution in [2.24, 2.45) is 0 Å². The fourth-order valence-corrected chi connectivity index (χ4v) is 1.58. The predicted molar refractivity (Wildman–Crippen MR) is 60.7 cm³/mol. The third kappa shape index (κ3) is 2.10. The Labute approximate surface area is 88.3 Å². The van der Waals surface area contributed by atoms with E-state index in [9.17, 15) is 4.79 Å². The van der Waals surface area contributed by atoms with Crippen LogP contribution in [0.15, 0.2) is 48.7 Å². The van der Waals surface area contributed by atoms with Gasteiger partial charge in [-0.25, -0.2) is 0 Å². The van der Waals surface area contributed by atoms with Crippen LogP contribution in [0.1, 0.15) is 5.56 Å². The molecule has 0 aliphatic heterocycles. The fourth-order valence-electron chi connectivity index (χ4n) is 1.58. The predicted octanol–water partition coefficient (Wildman–Crippen LogP) is 2.53. The van der Waals surface area contributed by atoms with Crippen LogP contribution in [0.3, 0.4) is 0 Å². The van der Waals surface area contributed by atoms with E-state index in [1.807, 2.05) is 36.4 Å². The molecule has 2 nitrogen and oxygen atoms in total. The number of aromatic nitrogens is 1. The highest BCUT2D eigenvalue weighted by atomic mass is 16.1. The normalized spacial score (nSPS) is 10.9. The van der Waals surface area contributed by atoms with E-state index in [0.29, 0.717) is 0 Å². The number of benzene rings is 1. The number of allylic oxidation sites excluding steroid dienone is 2. The third-order valence-corrected chi connectivity index (χ3v) is 2.27. The zero-order valence-corrected chi connectivity index (χ0v) is 8.26. The van der Waals surface area contributed by atoms with Crippen LogP contribution >= 0.6 is 0 Å². The summed E-state index contributed by atoms with van der Waals surface area (Å²) in [5.74, 6) is 0. The van der Waals surface area contributed by atoms with Crippen LogP contribution in [-0.4, -0.2) is 11.3 Å². The molecule has 0 spiro atoms. The van der Waals surface area contributed by atoms with Crippen molar-refractivity contribution in [2.45, 2.75) is 6.42 Å². The van der Waals surface area contributed by atoms with E-state index in [1.54, 1.807) is 6.20 Å². The van der Waals surface area contributed by atoms with Gasteiger partial charge in [0.05, 0.1) is 5.52 Å². The zero-order valence-electron chi connectivity index (χ0n) is 8.26. The van der Waals surface area contributed by atoms with Crippen LogP contribution in [0.25, 0.3) is 10.9 Å².